The lowest BCUT2D eigenvalue weighted by Crippen LogP contribution is -2.33. The summed E-state index contributed by atoms with van der Waals surface area (Å²) in [6.45, 7) is 5.00. The zero-order chi connectivity index (χ0) is 20.5. The molecule has 0 aliphatic carbocycles. The lowest BCUT2D eigenvalue weighted by atomic mass is 10.0. The van der Waals surface area contributed by atoms with Gasteiger partial charge in [0.2, 0.25) is 5.88 Å². The highest BCUT2D eigenvalue weighted by atomic mass is 35.5. The number of rotatable bonds is 4. The molecule has 7 nitrogen and oxygen atoms in total. The molecule has 0 atom stereocenters. The van der Waals surface area contributed by atoms with Crippen LogP contribution in [0.5, 0.6) is 11.6 Å². The number of benzene rings is 1. The molecule has 0 saturated carbocycles. The molecule has 2 aromatic heterocycles. The fourth-order valence-corrected chi connectivity index (χ4v) is 3.59. The second kappa shape index (κ2) is 7.79. The van der Waals surface area contributed by atoms with Crippen molar-refractivity contribution >= 4 is 17.3 Å². The van der Waals surface area contributed by atoms with Gasteiger partial charge in [0.25, 0.3) is 5.56 Å². The van der Waals surface area contributed by atoms with Gasteiger partial charge in [0, 0.05) is 17.7 Å². The van der Waals surface area contributed by atoms with Gasteiger partial charge in [-0.3, -0.25) is 4.79 Å². The van der Waals surface area contributed by atoms with E-state index < -0.39 is 5.56 Å². The van der Waals surface area contributed by atoms with Crippen molar-refractivity contribution in [3.8, 4) is 11.6 Å². The smallest absolute Gasteiger partial charge is 0.285 e. The molecular formula is C20H19ClFN5O2. The van der Waals surface area contributed by atoms with Gasteiger partial charge in [0.15, 0.2) is 0 Å². The quantitative estimate of drug-likeness (QED) is 0.697. The van der Waals surface area contributed by atoms with E-state index in [1.165, 1.54) is 24.7 Å². The number of H-pyrrole nitrogens is 1. The van der Waals surface area contributed by atoms with Crippen LogP contribution in [0.1, 0.15) is 36.6 Å². The highest BCUT2D eigenvalue weighted by Gasteiger charge is 2.25. The zero-order valence-electron chi connectivity index (χ0n) is 15.9. The Balaban J connectivity index is 1.65. The van der Waals surface area contributed by atoms with Crippen molar-refractivity contribution in [3.05, 3.63) is 68.7 Å². The number of ether oxygens (including phenoxy) is 1. The van der Waals surface area contributed by atoms with Gasteiger partial charge in [-0.05, 0) is 30.5 Å². The molecule has 150 valence electrons. The molecule has 0 bridgehead atoms. The number of nitrogens with zero attached hydrogens (tertiary/aromatic N) is 4. The highest BCUT2D eigenvalue weighted by molar-refractivity contribution is 6.33. The van der Waals surface area contributed by atoms with Crippen LogP contribution in [0.4, 0.5) is 10.1 Å². The Morgan fingerprint density at radius 2 is 2.14 bits per heavy atom. The average Bonchev–Trinajstić information content (AvgIpc) is 2.71. The van der Waals surface area contributed by atoms with Crippen molar-refractivity contribution in [3.63, 3.8) is 0 Å². The first kappa shape index (κ1) is 19.3. The van der Waals surface area contributed by atoms with E-state index in [-0.39, 0.29) is 16.8 Å². The van der Waals surface area contributed by atoms with Crippen LogP contribution < -0.4 is 15.2 Å². The van der Waals surface area contributed by atoms with Crippen LogP contribution in [0.15, 0.2) is 35.5 Å². The molecule has 0 fully saturated rings. The first-order valence-corrected chi connectivity index (χ1v) is 9.60. The minimum absolute atomic E-state index is 0.0969. The fourth-order valence-electron chi connectivity index (χ4n) is 3.38. The van der Waals surface area contributed by atoms with E-state index in [2.05, 4.69) is 20.2 Å². The van der Waals surface area contributed by atoms with Crippen molar-refractivity contribution in [2.45, 2.75) is 32.7 Å². The van der Waals surface area contributed by atoms with Crippen molar-refractivity contribution < 1.29 is 9.13 Å². The van der Waals surface area contributed by atoms with Crippen LogP contribution in [0.2, 0.25) is 5.02 Å². The zero-order valence-corrected chi connectivity index (χ0v) is 16.7. The second-order valence-electron chi connectivity index (χ2n) is 7.11. The summed E-state index contributed by atoms with van der Waals surface area (Å²) in [5.74, 6) is 0.828. The van der Waals surface area contributed by atoms with E-state index in [4.69, 9.17) is 16.3 Å². The van der Waals surface area contributed by atoms with E-state index in [1.807, 2.05) is 18.7 Å². The van der Waals surface area contributed by atoms with Crippen LogP contribution in [-0.4, -0.2) is 26.7 Å². The largest absolute Gasteiger partial charge is 0.438 e. The molecule has 3 aromatic rings. The number of hydrogen-bond acceptors (Lipinski definition) is 6. The number of hydrogen-bond donors (Lipinski definition) is 1. The predicted octanol–water partition coefficient (Wildman–Crippen LogP) is 3.83. The fraction of sp³-hybridized carbons (Fsp3) is 0.300. The molecule has 1 aliphatic heterocycles. The maximum absolute atomic E-state index is 13.7. The molecule has 0 amide bonds. The molecule has 3 heterocycles. The molecule has 0 saturated heterocycles. The molecule has 1 aromatic carbocycles. The molecule has 29 heavy (non-hydrogen) atoms. The molecule has 0 spiro atoms. The Hall–Kier alpha value is -3.00. The van der Waals surface area contributed by atoms with E-state index in [1.54, 1.807) is 6.07 Å². The minimum atomic E-state index is -0.431. The Morgan fingerprint density at radius 3 is 2.93 bits per heavy atom. The van der Waals surface area contributed by atoms with Crippen molar-refractivity contribution in [1.29, 1.82) is 0 Å². The summed E-state index contributed by atoms with van der Waals surface area (Å²) in [6, 6.07) is 4.48. The summed E-state index contributed by atoms with van der Waals surface area (Å²) in [4.78, 5) is 22.4. The molecule has 1 N–H and O–H groups in total. The van der Waals surface area contributed by atoms with Crippen LogP contribution in [0, 0.1) is 5.82 Å². The van der Waals surface area contributed by atoms with Gasteiger partial charge in [-0.1, -0.05) is 25.4 Å². The number of aromatic amines is 1. The normalized spacial score (nSPS) is 13.5. The number of aromatic nitrogens is 4. The second-order valence-corrected chi connectivity index (χ2v) is 7.49. The van der Waals surface area contributed by atoms with Gasteiger partial charge in [-0.2, -0.15) is 5.10 Å². The minimum Gasteiger partial charge on any atom is -0.438 e. The van der Waals surface area contributed by atoms with Crippen molar-refractivity contribution in [2.75, 3.05) is 11.4 Å². The van der Waals surface area contributed by atoms with Crippen molar-refractivity contribution in [2.24, 2.45) is 0 Å². The Kier molecular flexibility index (Phi) is 5.19. The number of anilines is 1. The standard InChI is InChI=1S/C20H19ClFN5O2/c1-11(2)14-7-12(22)3-4-17(14)29-20-13-5-6-27(9-15(13)23-10-24-20)16-8-25-26-19(28)18(16)21/h3-4,7-8,10-11H,5-6,9H2,1-2H3,(H,26,28). The lowest BCUT2D eigenvalue weighted by molar-refractivity contribution is 0.439. The first-order chi connectivity index (χ1) is 13.9. The Bertz CT molecular complexity index is 1120. The van der Waals surface area contributed by atoms with E-state index >= 15 is 0 Å². The summed E-state index contributed by atoms with van der Waals surface area (Å²) < 4.78 is 19.7. The Morgan fingerprint density at radius 1 is 1.31 bits per heavy atom. The monoisotopic (exact) mass is 415 g/mol. The number of fused-ring (bicyclic) bond motifs is 1. The van der Waals surface area contributed by atoms with Gasteiger partial charge in [-0.25, -0.2) is 19.5 Å². The third kappa shape index (κ3) is 3.80. The van der Waals surface area contributed by atoms with Gasteiger partial charge >= 0.3 is 0 Å². The van der Waals surface area contributed by atoms with Crippen LogP contribution in [0.3, 0.4) is 0 Å². The van der Waals surface area contributed by atoms with E-state index in [0.717, 1.165) is 16.8 Å². The van der Waals surface area contributed by atoms with Gasteiger partial charge in [-0.15, -0.1) is 0 Å². The molecule has 1 aliphatic rings. The third-order valence-corrected chi connectivity index (χ3v) is 5.25. The van der Waals surface area contributed by atoms with Crippen LogP contribution in [0.25, 0.3) is 0 Å². The number of nitrogens with one attached hydrogen (secondary N) is 1. The van der Waals surface area contributed by atoms with Gasteiger partial charge < -0.3 is 9.64 Å². The number of halogens is 2. The predicted molar refractivity (Wildman–Crippen MR) is 107 cm³/mol. The lowest BCUT2D eigenvalue weighted by Gasteiger charge is -2.30. The topological polar surface area (TPSA) is 84.0 Å². The Labute approximate surface area is 171 Å². The molecule has 4 rings (SSSR count). The van der Waals surface area contributed by atoms with Crippen LogP contribution in [-0.2, 0) is 13.0 Å². The maximum Gasteiger partial charge on any atom is 0.285 e. The molecule has 0 radical (unpaired) electrons. The first-order valence-electron chi connectivity index (χ1n) is 9.22. The molecule has 9 heteroatoms. The van der Waals surface area contributed by atoms with Gasteiger partial charge in [0.1, 0.15) is 22.9 Å². The summed E-state index contributed by atoms with van der Waals surface area (Å²) in [5.41, 5.74) is 2.57. The average molecular weight is 416 g/mol. The van der Waals surface area contributed by atoms with Crippen LogP contribution >= 0.6 is 11.6 Å². The van der Waals surface area contributed by atoms with E-state index in [0.29, 0.717) is 36.8 Å². The summed E-state index contributed by atoms with van der Waals surface area (Å²) >= 11 is 6.14. The molecule has 0 unspecified atom stereocenters. The van der Waals surface area contributed by atoms with Gasteiger partial charge in [0.05, 0.1) is 24.1 Å². The SMILES string of the molecule is CC(C)c1cc(F)ccc1Oc1ncnc2c1CCN(c1cn[nH]c(=O)c1Cl)C2. The summed E-state index contributed by atoms with van der Waals surface area (Å²) in [7, 11) is 0. The van der Waals surface area contributed by atoms with E-state index in [9.17, 15) is 9.18 Å². The third-order valence-electron chi connectivity index (χ3n) is 4.89. The molecular weight excluding hydrogens is 397 g/mol. The maximum atomic E-state index is 13.7. The highest BCUT2D eigenvalue weighted by Crippen LogP contribution is 2.35. The summed E-state index contributed by atoms with van der Waals surface area (Å²) in [5, 5.41) is 6.25. The summed E-state index contributed by atoms with van der Waals surface area (Å²) in [6.07, 6.45) is 3.57. The van der Waals surface area contributed by atoms with Crippen molar-refractivity contribution in [1.82, 2.24) is 20.2 Å².